The maximum absolute atomic E-state index is 12.3. The summed E-state index contributed by atoms with van der Waals surface area (Å²) in [7, 11) is 0. The third-order valence-corrected chi connectivity index (χ3v) is 6.69. The summed E-state index contributed by atoms with van der Waals surface area (Å²) in [4.78, 5) is 23.6. The first-order valence-corrected chi connectivity index (χ1v) is 8.85. The zero-order chi connectivity index (χ0) is 17.1. The zero-order valence-electron chi connectivity index (χ0n) is 14.5. The molecule has 4 aliphatic carbocycles. The molecule has 126 valence electrons. The topological polar surface area (TPSA) is 43.4 Å². The minimum atomic E-state index is -0.247. The van der Waals surface area contributed by atoms with Gasteiger partial charge >= 0.3 is 5.97 Å². The van der Waals surface area contributed by atoms with Crippen LogP contribution in [0.25, 0.3) is 0 Å². The van der Waals surface area contributed by atoms with Crippen LogP contribution in [0.15, 0.2) is 47.6 Å². The number of carbonyl (C=O) groups excluding carboxylic acids is 2. The van der Waals surface area contributed by atoms with Crippen LogP contribution in [0, 0.1) is 22.7 Å². The first kappa shape index (κ1) is 15.6. The molecular formula is C21H24O3. The second-order valence-electron chi connectivity index (χ2n) is 8.06. The lowest BCUT2D eigenvalue weighted by atomic mass is 9.52. The van der Waals surface area contributed by atoms with Crippen molar-refractivity contribution in [3.05, 3.63) is 47.6 Å². The van der Waals surface area contributed by atoms with Crippen molar-refractivity contribution in [2.24, 2.45) is 22.7 Å². The monoisotopic (exact) mass is 324 g/mol. The van der Waals surface area contributed by atoms with Crippen molar-refractivity contribution in [2.45, 2.75) is 46.1 Å². The number of ether oxygens (including phenoxy) is 1. The first-order chi connectivity index (χ1) is 11.3. The lowest BCUT2D eigenvalue weighted by Crippen LogP contribution is -2.45. The van der Waals surface area contributed by atoms with Crippen molar-refractivity contribution >= 4 is 11.8 Å². The average Bonchev–Trinajstić information content (AvgIpc) is 2.83. The second-order valence-corrected chi connectivity index (χ2v) is 8.06. The molecule has 0 heterocycles. The summed E-state index contributed by atoms with van der Waals surface area (Å²) in [5.41, 5.74) is 2.46. The Morgan fingerprint density at radius 2 is 2.04 bits per heavy atom. The van der Waals surface area contributed by atoms with Gasteiger partial charge in [-0.2, -0.15) is 0 Å². The predicted molar refractivity (Wildman–Crippen MR) is 92.1 cm³/mol. The Hall–Kier alpha value is -1.90. The third kappa shape index (κ3) is 2.03. The van der Waals surface area contributed by atoms with Crippen LogP contribution in [0.4, 0.5) is 0 Å². The van der Waals surface area contributed by atoms with E-state index in [1.807, 2.05) is 6.08 Å². The van der Waals surface area contributed by atoms with Crippen LogP contribution in [-0.4, -0.2) is 17.9 Å². The Morgan fingerprint density at radius 1 is 1.25 bits per heavy atom. The summed E-state index contributed by atoms with van der Waals surface area (Å²) in [6, 6.07) is 0. The fourth-order valence-corrected chi connectivity index (χ4v) is 5.19. The smallest absolute Gasteiger partial charge is 0.303 e. The van der Waals surface area contributed by atoms with Crippen molar-refractivity contribution in [1.82, 2.24) is 0 Å². The molecule has 4 aliphatic rings. The predicted octanol–water partition coefficient (Wildman–Crippen LogP) is 3.92. The number of rotatable bonds is 1. The number of carbonyl (C=O) groups is 2. The van der Waals surface area contributed by atoms with Gasteiger partial charge in [-0.1, -0.05) is 49.3 Å². The van der Waals surface area contributed by atoms with E-state index in [2.05, 4.69) is 38.2 Å². The summed E-state index contributed by atoms with van der Waals surface area (Å²) in [5.74, 6) is 0.712. The van der Waals surface area contributed by atoms with Crippen LogP contribution < -0.4 is 0 Å². The number of allylic oxidation sites excluding steroid dienone is 6. The van der Waals surface area contributed by atoms with E-state index in [1.165, 1.54) is 18.1 Å². The Morgan fingerprint density at radius 3 is 2.79 bits per heavy atom. The van der Waals surface area contributed by atoms with Gasteiger partial charge in [-0.15, -0.1) is 0 Å². The maximum atomic E-state index is 12.3. The van der Waals surface area contributed by atoms with Gasteiger partial charge in [0.05, 0.1) is 0 Å². The van der Waals surface area contributed by atoms with Crippen LogP contribution in [0.3, 0.4) is 0 Å². The molecule has 3 nitrogen and oxygen atoms in total. The van der Waals surface area contributed by atoms with Gasteiger partial charge in [0.25, 0.3) is 0 Å². The lowest BCUT2D eigenvalue weighted by molar-refractivity contribution is -0.144. The highest BCUT2D eigenvalue weighted by molar-refractivity contribution is 5.98. The van der Waals surface area contributed by atoms with Crippen LogP contribution in [0.1, 0.15) is 40.0 Å². The number of ketones is 1. The molecular weight excluding hydrogens is 300 g/mol. The second kappa shape index (κ2) is 5.05. The van der Waals surface area contributed by atoms with Gasteiger partial charge in [-0.05, 0) is 30.9 Å². The lowest BCUT2D eigenvalue weighted by Gasteiger charge is -2.51. The molecule has 0 aliphatic heterocycles. The normalized spacial score (nSPS) is 42.6. The van der Waals surface area contributed by atoms with Crippen LogP contribution in [0.2, 0.25) is 0 Å². The molecule has 3 heteroatoms. The fourth-order valence-electron chi connectivity index (χ4n) is 5.19. The van der Waals surface area contributed by atoms with Crippen molar-refractivity contribution < 1.29 is 14.3 Å². The largest absolute Gasteiger partial charge is 0.458 e. The molecule has 1 saturated carbocycles. The molecule has 5 atom stereocenters. The Kier molecular flexibility index (Phi) is 3.28. The minimum Gasteiger partial charge on any atom is -0.458 e. The molecule has 0 bridgehead atoms. The number of hydrogen-bond donors (Lipinski definition) is 0. The summed E-state index contributed by atoms with van der Waals surface area (Å²) < 4.78 is 5.38. The molecule has 0 radical (unpaired) electrons. The van der Waals surface area contributed by atoms with Gasteiger partial charge in [-0.3, -0.25) is 9.59 Å². The molecule has 0 aromatic rings. The van der Waals surface area contributed by atoms with Crippen molar-refractivity contribution in [3.8, 4) is 0 Å². The SMILES string of the molecule is CC(=O)OC1C=C[C@@]2(C)C(=CC=C3C2CC[C@]2(C)C(=O)C=CC32)C1. The Bertz CT molecular complexity index is 738. The van der Waals surface area contributed by atoms with E-state index in [4.69, 9.17) is 4.74 Å². The van der Waals surface area contributed by atoms with E-state index in [-0.39, 0.29) is 34.6 Å². The molecule has 0 aromatic heterocycles. The quantitative estimate of drug-likeness (QED) is 0.542. The maximum Gasteiger partial charge on any atom is 0.303 e. The highest BCUT2D eigenvalue weighted by Gasteiger charge is 2.54. The summed E-state index contributed by atoms with van der Waals surface area (Å²) in [6.45, 7) is 5.87. The number of hydrogen-bond acceptors (Lipinski definition) is 3. The third-order valence-electron chi connectivity index (χ3n) is 6.69. The van der Waals surface area contributed by atoms with Gasteiger partial charge in [0.15, 0.2) is 5.78 Å². The van der Waals surface area contributed by atoms with Crippen LogP contribution in [-0.2, 0) is 14.3 Å². The summed E-state index contributed by atoms with van der Waals surface area (Å²) >= 11 is 0. The zero-order valence-corrected chi connectivity index (χ0v) is 14.5. The van der Waals surface area contributed by atoms with Gasteiger partial charge in [-0.25, -0.2) is 0 Å². The molecule has 4 rings (SSSR count). The molecule has 0 spiro atoms. The molecule has 0 amide bonds. The average molecular weight is 324 g/mol. The molecule has 0 aromatic carbocycles. The van der Waals surface area contributed by atoms with E-state index in [1.54, 1.807) is 6.08 Å². The van der Waals surface area contributed by atoms with E-state index in [0.717, 1.165) is 19.3 Å². The van der Waals surface area contributed by atoms with Crippen LogP contribution >= 0.6 is 0 Å². The van der Waals surface area contributed by atoms with E-state index in [9.17, 15) is 9.59 Å². The molecule has 0 N–H and O–H groups in total. The minimum absolute atomic E-state index is 0.0262. The summed E-state index contributed by atoms with van der Waals surface area (Å²) in [5, 5.41) is 0. The van der Waals surface area contributed by atoms with Crippen LogP contribution in [0.5, 0.6) is 0 Å². The first-order valence-electron chi connectivity index (χ1n) is 8.85. The van der Waals surface area contributed by atoms with Crippen molar-refractivity contribution in [2.75, 3.05) is 0 Å². The number of fused-ring (bicyclic) bond motifs is 5. The Balaban J connectivity index is 1.70. The van der Waals surface area contributed by atoms with Gasteiger partial charge in [0, 0.05) is 30.1 Å². The molecule has 1 fully saturated rings. The van der Waals surface area contributed by atoms with Crippen molar-refractivity contribution in [3.63, 3.8) is 0 Å². The fraction of sp³-hybridized carbons (Fsp3) is 0.524. The van der Waals surface area contributed by atoms with Crippen molar-refractivity contribution in [1.29, 1.82) is 0 Å². The van der Waals surface area contributed by atoms with E-state index >= 15 is 0 Å². The summed E-state index contributed by atoms with van der Waals surface area (Å²) in [6.07, 6.45) is 15.2. The van der Waals surface area contributed by atoms with E-state index in [0.29, 0.717) is 5.92 Å². The Labute approximate surface area is 143 Å². The highest BCUT2D eigenvalue weighted by atomic mass is 16.5. The van der Waals surface area contributed by atoms with E-state index < -0.39 is 0 Å². The molecule has 24 heavy (non-hydrogen) atoms. The number of esters is 1. The molecule has 0 saturated heterocycles. The molecule has 3 unspecified atom stereocenters. The van der Waals surface area contributed by atoms with Gasteiger partial charge < -0.3 is 4.74 Å². The standard InChI is InChI=1S/C21H24O3/c1-13(22)24-15-8-10-20(2)14(12-15)4-5-16-17-6-7-19(23)21(17,3)11-9-18(16)20/h4-8,10,15,17-18H,9,11-12H2,1-3H3/t15?,17?,18?,20-,21-/m0/s1. The van der Waals surface area contributed by atoms with Gasteiger partial charge in [0.1, 0.15) is 6.10 Å². The van der Waals surface area contributed by atoms with Gasteiger partial charge in [0.2, 0.25) is 0 Å². The highest BCUT2D eigenvalue weighted by Crippen LogP contribution is 2.59.